The summed E-state index contributed by atoms with van der Waals surface area (Å²) in [6, 6.07) is 16.7. The molecule has 0 saturated heterocycles. The fourth-order valence-corrected chi connectivity index (χ4v) is 1.85. The van der Waals surface area contributed by atoms with Crippen LogP contribution in [0, 0.1) is 0 Å². The van der Waals surface area contributed by atoms with E-state index >= 15 is 0 Å². The van der Waals surface area contributed by atoms with Gasteiger partial charge in [0.1, 0.15) is 5.75 Å². The Morgan fingerprint density at radius 1 is 1.05 bits per heavy atom. The topological polar surface area (TPSA) is 41.6 Å². The summed E-state index contributed by atoms with van der Waals surface area (Å²) in [4.78, 5) is 13.9. The van der Waals surface area contributed by atoms with E-state index < -0.39 is 6.09 Å². The van der Waals surface area contributed by atoms with Crippen LogP contribution in [-0.2, 0) is 6.54 Å². The van der Waals surface area contributed by atoms with E-state index in [2.05, 4.69) is 5.32 Å². The van der Waals surface area contributed by atoms with Crippen molar-refractivity contribution in [2.24, 2.45) is 0 Å². The first-order valence-corrected chi connectivity index (χ1v) is 6.41. The van der Waals surface area contributed by atoms with E-state index in [1.54, 1.807) is 12.1 Å². The van der Waals surface area contributed by atoms with Crippen LogP contribution < -0.4 is 10.1 Å². The lowest BCUT2D eigenvalue weighted by molar-refractivity contribution is 0.215. The molecule has 0 aliphatic heterocycles. The molecule has 0 aromatic heterocycles. The van der Waals surface area contributed by atoms with E-state index in [9.17, 15) is 4.79 Å². The zero-order valence-electron chi connectivity index (χ0n) is 11.7. The van der Waals surface area contributed by atoms with Crippen molar-refractivity contribution in [3.8, 4) is 5.75 Å². The Labute approximate surface area is 119 Å². The lowest BCUT2D eigenvalue weighted by Crippen LogP contribution is -2.19. The van der Waals surface area contributed by atoms with E-state index in [0.29, 0.717) is 5.75 Å². The molecule has 0 aliphatic carbocycles. The second-order valence-corrected chi connectivity index (χ2v) is 4.72. The van der Waals surface area contributed by atoms with Gasteiger partial charge in [-0.2, -0.15) is 0 Å². The predicted octanol–water partition coefficient (Wildman–Crippen LogP) is 3.36. The third-order valence-corrected chi connectivity index (χ3v) is 2.69. The maximum absolute atomic E-state index is 11.9. The summed E-state index contributed by atoms with van der Waals surface area (Å²) < 4.78 is 5.21. The number of rotatable bonds is 4. The van der Waals surface area contributed by atoms with Gasteiger partial charge < -0.3 is 9.64 Å². The molecule has 1 N–H and O–H groups in total. The number of nitrogens with one attached hydrogen (secondary N) is 1. The first kappa shape index (κ1) is 14.1. The Kier molecular flexibility index (Phi) is 4.74. The highest BCUT2D eigenvalue weighted by molar-refractivity contribution is 5.87. The highest BCUT2D eigenvalue weighted by Crippen LogP contribution is 2.17. The third kappa shape index (κ3) is 4.10. The average molecular weight is 270 g/mol. The fourth-order valence-electron chi connectivity index (χ4n) is 1.85. The molecular weight excluding hydrogens is 252 g/mol. The first-order chi connectivity index (χ1) is 9.65. The molecule has 0 saturated carbocycles. The molecular formula is C16H18N2O2. The molecule has 0 spiro atoms. The van der Waals surface area contributed by atoms with Gasteiger partial charge in [0.05, 0.1) is 0 Å². The molecule has 20 heavy (non-hydrogen) atoms. The van der Waals surface area contributed by atoms with Crippen LogP contribution in [-0.4, -0.2) is 25.1 Å². The van der Waals surface area contributed by atoms with Gasteiger partial charge >= 0.3 is 6.09 Å². The molecule has 0 heterocycles. The van der Waals surface area contributed by atoms with Crippen molar-refractivity contribution in [2.45, 2.75) is 6.54 Å². The van der Waals surface area contributed by atoms with Crippen molar-refractivity contribution >= 4 is 11.8 Å². The first-order valence-electron chi connectivity index (χ1n) is 6.41. The summed E-state index contributed by atoms with van der Waals surface area (Å²) in [5.41, 5.74) is 1.81. The van der Waals surface area contributed by atoms with Crippen molar-refractivity contribution in [3.05, 3.63) is 60.2 Å². The summed E-state index contributed by atoms with van der Waals surface area (Å²) in [6.45, 7) is 0.752. The molecule has 0 aliphatic rings. The van der Waals surface area contributed by atoms with Crippen LogP contribution in [0.5, 0.6) is 5.75 Å². The maximum Gasteiger partial charge on any atom is 0.417 e. The van der Waals surface area contributed by atoms with Crippen LogP contribution in [0.4, 0.5) is 10.5 Å². The van der Waals surface area contributed by atoms with Gasteiger partial charge in [0.2, 0.25) is 0 Å². The SMILES string of the molecule is CN(C)Cc1ccccc1NC(=O)Oc1ccccc1. The Morgan fingerprint density at radius 2 is 1.70 bits per heavy atom. The Balaban J connectivity index is 2.04. The van der Waals surface area contributed by atoms with Gasteiger partial charge in [0.15, 0.2) is 0 Å². The lowest BCUT2D eigenvalue weighted by atomic mass is 10.1. The largest absolute Gasteiger partial charge is 0.417 e. The highest BCUT2D eigenvalue weighted by atomic mass is 16.6. The van der Waals surface area contributed by atoms with E-state index in [0.717, 1.165) is 17.8 Å². The van der Waals surface area contributed by atoms with Gasteiger partial charge in [-0.05, 0) is 37.9 Å². The van der Waals surface area contributed by atoms with E-state index in [1.807, 2.05) is 61.5 Å². The minimum Gasteiger partial charge on any atom is -0.410 e. The number of anilines is 1. The number of benzene rings is 2. The fraction of sp³-hybridized carbons (Fsp3) is 0.188. The van der Waals surface area contributed by atoms with Crippen LogP contribution in [0.1, 0.15) is 5.56 Å². The highest BCUT2D eigenvalue weighted by Gasteiger charge is 2.08. The molecule has 1 amide bonds. The summed E-state index contributed by atoms with van der Waals surface area (Å²) in [6.07, 6.45) is -0.484. The standard InChI is InChI=1S/C16H18N2O2/c1-18(2)12-13-8-6-7-11-15(13)17-16(19)20-14-9-4-3-5-10-14/h3-11H,12H2,1-2H3,(H,17,19). The number of hydrogen-bond acceptors (Lipinski definition) is 3. The second kappa shape index (κ2) is 6.73. The zero-order chi connectivity index (χ0) is 14.4. The Morgan fingerprint density at radius 3 is 2.40 bits per heavy atom. The van der Waals surface area contributed by atoms with E-state index in [4.69, 9.17) is 4.74 Å². The van der Waals surface area contributed by atoms with Gasteiger partial charge in [0.25, 0.3) is 0 Å². The number of hydrogen-bond donors (Lipinski definition) is 1. The molecule has 0 fully saturated rings. The molecule has 0 bridgehead atoms. The number of carbonyl (C=O) groups is 1. The number of amides is 1. The van der Waals surface area contributed by atoms with E-state index in [-0.39, 0.29) is 0 Å². The van der Waals surface area contributed by atoms with Crippen molar-refractivity contribution < 1.29 is 9.53 Å². The number of ether oxygens (including phenoxy) is 1. The summed E-state index contributed by atoms with van der Waals surface area (Å²) >= 11 is 0. The molecule has 0 radical (unpaired) electrons. The van der Waals surface area contributed by atoms with Gasteiger partial charge in [-0.25, -0.2) is 4.79 Å². The minimum absolute atomic E-state index is 0.484. The number of para-hydroxylation sites is 2. The minimum atomic E-state index is -0.484. The quantitative estimate of drug-likeness (QED) is 0.926. The van der Waals surface area contributed by atoms with Crippen LogP contribution in [0.25, 0.3) is 0 Å². The van der Waals surface area contributed by atoms with Gasteiger partial charge in [0, 0.05) is 12.2 Å². The number of carbonyl (C=O) groups excluding carboxylic acids is 1. The smallest absolute Gasteiger partial charge is 0.410 e. The molecule has 0 atom stereocenters. The van der Waals surface area contributed by atoms with Crippen molar-refractivity contribution in [1.29, 1.82) is 0 Å². The Bertz CT molecular complexity index is 568. The zero-order valence-corrected chi connectivity index (χ0v) is 11.7. The van der Waals surface area contributed by atoms with Gasteiger partial charge in [-0.1, -0.05) is 36.4 Å². The monoisotopic (exact) mass is 270 g/mol. The van der Waals surface area contributed by atoms with Crippen molar-refractivity contribution in [3.63, 3.8) is 0 Å². The van der Waals surface area contributed by atoms with Crippen LogP contribution >= 0.6 is 0 Å². The van der Waals surface area contributed by atoms with Crippen LogP contribution in [0.3, 0.4) is 0 Å². The third-order valence-electron chi connectivity index (χ3n) is 2.69. The van der Waals surface area contributed by atoms with Crippen LogP contribution in [0.2, 0.25) is 0 Å². The molecule has 2 aromatic rings. The van der Waals surface area contributed by atoms with Gasteiger partial charge in [-0.3, -0.25) is 5.32 Å². The molecule has 0 unspecified atom stereocenters. The Hall–Kier alpha value is -2.33. The second-order valence-electron chi connectivity index (χ2n) is 4.72. The van der Waals surface area contributed by atoms with Gasteiger partial charge in [-0.15, -0.1) is 0 Å². The normalized spacial score (nSPS) is 10.3. The molecule has 2 aromatic carbocycles. The van der Waals surface area contributed by atoms with Crippen LogP contribution in [0.15, 0.2) is 54.6 Å². The molecule has 104 valence electrons. The number of nitrogens with zero attached hydrogens (tertiary/aromatic N) is 1. The molecule has 4 nitrogen and oxygen atoms in total. The van der Waals surface area contributed by atoms with E-state index in [1.165, 1.54) is 0 Å². The maximum atomic E-state index is 11.9. The predicted molar refractivity (Wildman–Crippen MR) is 79.9 cm³/mol. The summed E-state index contributed by atoms with van der Waals surface area (Å²) in [7, 11) is 3.97. The summed E-state index contributed by atoms with van der Waals surface area (Å²) in [5.74, 6) is 0.523. The van der Waals surface area contributed by atoms with Crippen molar-refractivity contribution in [1.82, 2.24) is 4.90 Å². The lowest BCUT2D eigenvalue weighted by Gasteiger charge is -2.14. The van der Waals surface area contributed by atoms with Crippen molar-refractivity contribution in [2.75, 3.05) is 19.4 Å². The average Bonchev–Trinajstić information content (AvgIpc) is 2.41. The molecule has 2 rings (SSSR count). The summed E-state index contributed by atoms with van der Waals surface area (Å²) in [5, 5.41) is 2.78. The molecule has 4 heteroatoms.